The molecular formula is C41H32N2O2S. The van der Waals surface area contributed by atoms with E-state index in [0.717, 1.165) is 45.2 Å². The Labute approximate surface area is 273 Å². The van der Waals surface area contributed by atoms with Crippen molar-refractivity contribution in [2.45, 2.75) is 32.1 Å². The number of thiophene rings is 1. The molecule has 0 fully saturated rings. The number of nitrogens with zero attached hydrogens (tertiary/aromatic N) is 2. The molecule has 1 aliphatic carbocycles. The molecule has 0 unspecified atom stereocenters. The molecule has 1 N–H and O–H groups in total. The van der Waals surface area contributed by atoms with Gasteiger partial charge in [0.05, 0.1) is 5.69 Å². The van der Waals surface area contributed by atoms with Crippen LogP contribution in [0.25, 0.3) is 38.4 Å². The van der Waals surface area contributed by atoms with Gasteiger partial charge < -0.3 is 10.0 Å². The van der Waals surface area contributed by atoms with Crippen molar-refractivity contribution in [3.05, 3.63) is 143 Å². The number of hydrogen-bond acceptors (Lipinski definition) is 4. The van der Waals surface area contributed by atoms with Crippen molar-refractivity contribution in [2.75, 3.05) is 4.90 Å². The number of benzene rings is 5. The fourth-order valence-corrected chi connectivity index (χ4v) is 8.01. The van der Waals surface area contributed by atoms with Gasteiger partial charge in [-0.25, -0.2) is 4.79 Å². The van der Waals surface area contributed by atoms with Crippen LogP contribution >= 0.6 is 11.3 Å². The molecule has 0 saturated carbocycles. The number of hydrogen-bond donors (Lipinski definition) is 1. The van der Waals surface area contributed by atoms with Gasteiger partial charge in [0.25, 0.3) is 0 Å². The van der Waals surface area contributed by atoms with Crippen LogP contribution in [0.5, 0.6) is 0 Å². The van der Waals surface area contributed by atoms with Gasteiger partial charge in [-0.1, -0.05) is 86.6 Å². The Kier molecular flexibility index (Phi) is 7.52. The van der Waals surface area contributed by atoms with E-state index in [1.165, 1.54) is 50.4 Å². The van der Waals surface area contributed by atoms with Gasteiger partial charge in [0, 0.05) is 31.9 Å². The Morgan fingerprint density at radius 3 is 2.24 bits per heavy atom. The number of rotatable bonds is 8. The second-order valence-electron chi connectivity index (χ2n) is 11.6. The van der Waals surface area contributed by atoms with Crippen molar-refractivity contribution in [3.63, 3.8) is 0 Å². The topological polar surface area (TPSA) is 64.3 Å². The van der Waals surface area contributed by atoms with Gasteiger partial charge >= 0.3 is 5.97 Å². The van der Waals surface area contributed by atoms with Crippen LogP contribution in [0, 0.1) is 11.3 Å². The van der Waals surface area contributed by atoms with Crippen LogP contribution in [-0.4, -0.2) is 11.1 Å². The standard InChI is InChI=1S/C41H32N2O2S/c1-3-41(4-2)36-24-28(39-22-19-32(46-39)23-29(26-42)40(44)45)17-20-34(36)35-21-18-31(25-37(35)41)43(30-13-6-5-7-14-30)38-16-10-12-27-11-8-9-15-33(27)38/h5-25H,3-4H2,1-2H3,(H,44,45). The van der Waals surface area contributed by atoms with Crippen molar-refractivity contribution in [1.82, 2.24) is 0 Å². The van der Waals surface area contributed by atoms with Crippen LogP contribution in [0.3, 0.4) is 0 Å². The summed E-state index contributed by atoms with van der Waals surface area (Å²) in [6.45, 7) is 4.56. The molecule has 5 aromatic carbocycles. The molecule has 5 heteroatoms. The lowest BCUT2D eigenvalue weighted by molar-refractivity contribution is -0.132. The minimum Gasteiger partial charge on any atom is -0.477 e. The Morgan fingerprint density at radius 1 is 0.804 bits per heavy atom. The van der Waals surface area contributed by atoms with E-state index in [0.29, 0.717) is 0 Å². The first-order chi connectivity index (χ1) is 22.5. The van der Waals surface area contributed by atoms with E-state index in [4.69, 9.17) is 0 Å². The first kappa shape index (κ1) is 29.3. The van der Waals surface area contributed by atoms with E-state index in [-0.39, 0.29) is 11.0 Å². The van der Waals surface area contributed by atoms with Crippen LogP contribution in [0.2, 0.25) is 0 Å². The Bertz CT molecular complexity index is 2180. The highest BCUT2D eigenvalue weighted by Crippen LogP contribution is 2.55. The minimum atomic E-state index is -1.21. The Morgan fingerprint density at radius 2 is 1.50 bits per heavy atom. The van der Waals surface area contributed by atoms with Crippen molar-refractivity contribution in [3.8, 4) is 27.6 Å². The molecule has 0 atom stereocenters. The molecule has 0 bridgehead atoms. The molecule has 0 amide bonds. The van der Waals surface area contributed by atoms with E-state index >= 15 is 0 Å². The lowest BCUT2D eigenvalue weighted by Gasteiger charge is -2.32. The summed E-state index contributed by atoms with van der Waals surface area (Å²) in [5.41, 5.74) is 9.26. The quantitative estimate of drug-likeness (QED) is 0.136. The molecule has 0 radical (unpaired) electrons. The second-order valence-corrected chi connectivity index (χ2v) is 12.7. The number of para-hydroxylation sites is 1. The number of carboxylic acids is 1. The maximum Gasteiger partial charge on any atom is 0.346 e. The number of aliphatic carboxylic acids is 1. The van der Waals surface area contributed by atoms with Crippen LogP contribution in [0.15, 0.2) is 127 Å². The third-order valence-electron chi connectivity index (χ3n) is 9.38. The lowest BCUT2D eigenvalue weighted by atomic mass is 9.73. The van der Waals surface area contributed by atoms with Crippen molar-refractivity contribution in [2.24, 2.45) is 0 Å². The maximum atomic E-state index is 11.4. The van der Waals surface area contributed by atoms with Crippen LogP contribution in [0.1, 0.15) is 42.7 Å². The molecule has 6 aromatic rings. The molecule has 0 saturated heterocycles. The molecule has 1 heterocycles. The van der Waals surface area contributed by atoms with Crippen LogP contribution < -0.4 is 4.90 Å². The average Bonchev–Trinajstić information content (AvgIpc) is 3.68. The molecular weight excluding hydrogens is 585 g/mol. The zero-order chi connectivity index (χ0) is 31.8. The monoisotopic (exact) mass is 616 g/mol. The number of nitriles is 1. The van der Waals surface area contributed by atoms with Crippen molar-refractivity contribution >= 4 is 51.2 Å². The highest BCUT2D eigenvalue weighted by molar-refractivity contribution is 7.16. The van der Waals surface area contributed by atoms with Gasteiger partial charge in [0.2, 0.25) is 0 Å². The fourth-order valence-electron chi connectivity index (χ4n) is 7.06. The van der Waals surface area contributed by atoms with Gasteiger partial charge in [-0.15, -0.1) is 11.3 Å². The fraction of sp³-hybridized carbons (Fsp3) is 0.122. The van der Waals surface area contributed by atoms with E-state index in [2.05, 4.69) is 128 Å². The van der Waals surface area contributed by atoms with Crippen LogP contribution in [0.4, 0.5) is 17.1 Å². The SMILES string of the molecule is CCC1(CC)c2cc(-c3ccc(C=C(C#N)C(=O)O)s3)ccc2-c2ccc(N(c3ccccc3)c3cccc4ccccc34)cc21. The summed E-state index contributed by atoms with van der Waals surface area (Å²) >= 11 is 1.50. The van der Waals surface area contributed by atoms with Gasteiger partial charge in [0.1, 0.15) is 11.6 Å². The third kappa shape index (κ3) is 4.79. The lowest BCUT2D eigenvalue weighted by Crippen LogP contribution is -2.23. The summed E-state index contributed by atoms with van der Waals surface area (Å²) in [4.78, 5) is 15.5. The summed E-state index contributed by atoms with van der Waals surface area (Å²) < 4.78 is 0. The molecule has 0 spiro atoms. The highest BCUT2D eigenvalue weighted by atomic mass is 32.1. The Balaban J connectivity index is 1.36. The highest BCUT2D eigenvalue weighted by Gasteiger charge is 2.41. The van der Waals surface area contributed by atoms with E-state index in [9.17, 15) is 15.2 Å². The van der Waals surface area contributed by atoms with Crippen LogP contribution in [-0.2, 0) is 10.2 Å². The predicted molar refractivity (Wildman–Crippen MR) is 190 cm³/mol. The summed E-state index contributed by atoms with van der Waals surface area (Å²) in [5.74, 6) is -1.21. The first-order valence-electron chi connectivity index (χ1n) is 15.5. The molecule has 0 aliphatic heterocycles. The summed E-state index contributed by atoms with van der Waals surface area (Å²) in [6, 6.07) is 45.0. The summed E-state index contributed by atoms with van der Waals surface area (Å²) in [7, 11) is 0. The average molecular weight is 617 g/mol. The van der Waals surface area contributed by atoms with E-state index < -0.39 is 5.97 Å². The van der Waals surface area contributed by atoms with Gasteiger partial charge in [0.15, 0.2) is 0 Å². The van der Waals surface area contributed by atoms with Gasteiger partial charge in [-0.2, -0.15) is 5.26 Å². The van der Waals surface area contributed by atoms with Gasteiger partial charge in [-0.3, -0.25) is 0 Å². The first-order valence-corrected chi connectivity index (χ1v) is 16.4. The van der Waals surface area contributed by atoms with Gasteiger partial charge in [-0.05, 0) is 101 Å². The smallest absolute Gasteiger partial charge is 0.346 e. The minimum absolute atomic E-state index is 0.158. The zero-order valence-electron chi connectivity index (χ0n) is 25.7. The molecule has 7 rings (SSSR count). The number of carboxylic acid groups (broad SMARTS) is 1. The predicted octanol–water partition coefficient (Wildman–Crippen LogP) is 11.1. The Hall–Kier alpha value is -5.44. The largest absolute Gasteiger partial charge is 0.477 e. The van der Waals surface area contributed by atoms with Crippen molar-refractivity contribution in [1.29, 1.82) is 5.26 Å². The van der Waals surface area contributed by atoms with Crippen molar-refractivity contribution < 1.29 is 9.90 Å². The number of fused-ring (bicyclic) bond motifs is 4. The zero-order valence-corrected chi connectivity index (χ0v) is 26.5. The summed E-state index contributed by atoms with van der Waals surface area (Å²) in [5, 5.41) is 20.9. The maximum absolute atomic E-state index is 11.4. The molecule has 4 nitrogen and oxygen atoms in total. The summed E-state index contributed by atoms with van der Waals surface area (Å²) in [6.07, 6.45) is 3.36. The number of anilines is 3. The number of carbonyl (C=O) groups is 1. The van der Waals surface area contributed by atoms with E-state index in [1.807, 2.05) is 12.1 Å². The molecule has 224 valence electrons. The third-order valence-corrected chi connectivity index (χ3v) is 10.5. The normalized spacial score (nSPS) is 13.2. The molecule has 1 aliphatic rings. The second kappa shape index (κ2) is 11.8. The molecule has 1 aromatic heterocycles. The molecule has 46 heavy (non-hydrogen) atoms. The van der Waals surface area contributed by atoms with E-state index in [1.54, 1.807) is 6.07 Å².